The molecular weight excluding hydrogens is 540 g/mol. The van der Waals surface area contributed by atoms with Crippen molar-refractivity contribution in [3.8, 4) is 17.1 Å². The minimum atomic E-state index is -1.00. The minimum Gasteiger partial charge on any atom is -0.496 e. The Morgan fingerprint density at radius 2 is 1.97 bits per heavy atom. The molecule has 9 nitrogen and oxygen atoms in total. The van der Waals surface area contributed by atoms with E-state index in [0.717, 1.165) is 0 Å². The normalized spacial score (nSPS) is 18.4. The van der Waals surface area contributed by atoms with Gasteiger partial charge in [-0.05, 0) is 52.7 Å². The van der Waals surface area contributed by atoms with Crippen molar-refractivity contribution in [2.75, 3.05) is 30.4 Å². The lowest BCUT2D eigenvalue weighted by Gasteiger charge is -2.35. The number of hydrogen-bond donors (Lipinski definition) is 2. The van der Waals surface area contributed by atoms with Crippen LogP contribution in [-0.2, 0) is 0 Å². The number of rotatable bonds is 5. The van der Waals surface area contributed by atoms with Crippen LogP contribution in [0.5, 0.6) is 5.75 Å². The van der Waals surface area contributed by atoms with Crippen LogP contribution in [0.4, 0.5) is 25.0 Å². The number of methoxy groups -OCH3 is 1. The average molecular weight is 560 g/mol. The van der Waals surface area contributed by atoms with Gasteiger partial charge in [-0.3, -0.25) is 4.79 Å². The lowest BCUT2D eigenvalue weighted by atomic mass is 10.1. The molecule has 2 N–H and O–H groups in total. The van der Waals surface area contributed by atoms with Gasteiger partial charge in [0.25, 0.3) is 5.91 Å². The van der Waals surface area contributed by atoms with E-state index in [-0.39, 0.29) is 57.3 Å². The van der Waals surface area contributed by atoms with Crippen molar-refractivity contribution in [3.05, 3.63) is 64.4 Å². The molecule has 186 valence electrons. The zero-order chi connectivity index (χ0) is 25.6. The molecule has 3 aromatic rings. The van der Waals surface area contributed by atoms with Crippen molar-refractivity contribution in [1.82, 2.24) is 14.9 Å². The van der Waals surface area contributed by atoms with Gasteiger partial charge in [0.15, 0.2) is 11.6 Å². The van der Waals surface area contributed by atoms with E-state index in [1.807, 2.05) is 0 Å². The fourth-order valence-corrected chi connectivity index (χ4v) is 5.10. The number of carbonyl (C=O) groups is 2. The Balaban J connectivity index is 1.45. The number of piperazine rings is 1. The number of carboxylic acid groups (broad SMARTS) is 1. The Hall–Kier alpha value is -3.80. The summed E-state index contributed by atoms with van der Waals surface area (Å²) in [6.45, 7) is 0.553. The van der Waals surface area contributed by atoms with Gasteiger partial charge in [-0.1, -0.05) is 6.07 Å². The molecule has 2 atom stereocenters. The molecule has 3 heterocycles. The average Bonchev–Trinajstić information content (AvgIpc) is 3.47. The summed E-state index contributed by atoms with van der Waals surface area (Å²) in [5, 5.41) is 12.1. The highest BCUT2D eigenvalue weighted by atomic mass is 79.9. The summed E-state index contributed by atoms with van der Waals surface area (Å²) in [5.74, 6) is -1.64. The van der Waals surface area contributed by atoms with Crippen molar-refractivity contribution >= 4 is 39.3 Å². The largest absolute Gasteiger partial charge is 0.496 e. The third kappa shape index (κ3) is 4.11. The summed E-state index contributed by atoms with van der Waals surface area (Å²) in [6, 6.07) is 8.20. The highest BCUT2D eigenvalue weighted by Gasteiger charge is 2.46. The number of fused-ring (bicyclic) bond motifs is 2. The van der Waals surface area contributed by atoms with Gasteiger partial charge in [0.05, 0.1) is 34.6 Å². The molecule has 0 aliphatic carbocycles. The number of hydrogen-bond acceptors (Lipinski definition) is 6. The quantitative estimate of drug-likeness (QED) is 0.477. The number of amides is 2. The fraction of sp³-hybridized carbons (Fsp3) is 0.250. The zero-order valence-corrected chi connectivity index (χ0v) is 20.5. The van der Waals surface area contributed by atoms with Gasteiger partial charge in [0, 0.05) is 25.3 Å². The second kappa shape index (κ2) is 9.34. The SMILES string of the molecule is COc1cccc(F)c1-c1nccc(C(=O)Nc2ccc(Br)c(F)c2N2C[C@@H]3C[C@H]2CN3C(=O)O)n1. The number of ether oxygens (including phenoxy) is 1. The van der Waals surface area contributed by atoms with Gasteiger partial charge in [0.1, 0.15) is 17.3 Å². The van der Waals surface area contributed by atoms with Crippen LogP contribution >= 0.6 is 15.9 Å². The predicted molar refractivity (Wildman–Crippen MR) is 130 cm³/mol. The summed E-state index contributed by atoms with van der Waals surface area (Å²) >= 11 is 3.20. The van der Waals surface area contributed by atoms with E-state index in [1.165, 1.54) is 42.5 Å². The molecule has 2 aliphatic rings. The van der Waals surface area contributed by atoms with E-state index in [9.17, 15) is 19.1 Å². The van der Waals surface area contributed by atoms with Crippen molar-refractivity contribution in [3.63, 3.8) is 0 Å². The molecule has 2 amide bonds. The molecule has 2 saturated heterocycles. The Bertz CT molecular complexity index is 1370. The van der Waals surface area contributed by atoms with Crippen LogP contribution in [0, 0.1) is 11.6 Å². The van der Waals surface area contributed by atoms with E-state index in [0.29, 0.717) is 13.0 Å². The van der Waals surface area contributed by atoms with Gasteiger partial charge in [0.2, 0.25) is 0 Å². The van der Waals surface area contributed by atoms with Gasteiger partial charge in [-0.25, -0.2) is 23.5 Å². The Labute approximate surface area is 212 Å². The first-order valence-corrected chi connectivity index (χ1v) is 11.8. The molecule has 2 aromatic carbocycles. The lowest BCUT2D eigenvalue weighted by Crippen LogP contribution is -2.48. The van der Waals surface area contributed by atoms with E-state index in [2.05, 4.69) is 31.2 Å². The maximum atomic E-state index is 15.3. The first-order chi connectivity index (χ1) is 17.3. The second-order valence-corrected chi connectivity index (χ2v) is 9.28. The van der Waals surface area contributed by atoms with Crippen LogP contribution in [0.15, 0.2) is 47.1 Å². The maximum Gasteiger partial charge on any atom is 0.407 e. The number of nitrogens with one attached hydrogen (secondary N) is 1. The number of aromatic nitrogens is 2. The third-order valence-corrected chi connectivity index (χ3v) is 7.01. The number of nitrogens with zero attached hydrogens (tertiary/aromatic N) is 4. The maximum absolute atomic E-state index is 15.3. The van der Waals surface area contributed by atoms with Crippen LogP contribution in [0.25, 0.3) is 11.4 Å². The van der Waals surface area contributed by atoms with E-state index in [4.69, 9.17) is 4.74 Å². The molecule has 0 radical (unpaired) electrons. The number of anilines is 2. The molecule has 2 aliphatic heterocycles. The zero-order valence-electron chi connectivity index (χ0n) is 18.9. The van der Waals surface area contributed by atoms with Gasteiger partial charge >= 0.3 is 6.09 Å². The molecule has 5 rings (SSSR count). The summed E-state index contributed by atoms with van der Waals surface area (Å²) in [5.41, 5.74) is 0.333. The van der Waals surface area contributed by atoms with Crippen LogP contribution < -0.4 is 15.0 Å². The number of carbonyl (C=O) groups excluding carboxylic acids is 1. The second-order valence-electron chi connectivity index (χ2n) is 8.42. The Kier molecular flexibility index (Phi) is 6.20. The van der Waals surface area contributed by atoms with Crippen LogP contribution in [0.3, 0.4) is 0 Å². The van der Waals surface area contributed by atoms with Crippen molar-refractivity contribution in [2.45, 2.75) is 18.5 Å². The van der Waals surface area contributed by atoms with E-state index in [1.54, 1.807) is 17.0 Å². The molecule has 0 unspecified atom stereocenters. The van der Waals surface area contributed by atoms with Crippen LogP contribution in [0.1, 0.15) is 16.9 Å². The molecule has 2 bridgehead atoms. The topological polar surface area (TPSA) is 108 Å². The molecule has 1 aromatic heterocycles. The molecule has 12 heteroatoms. The lowest BCUT2D eigenvalue weighted by molar-refractivity contribution is 0.102. The summed E-state index contributed by atoms with van der Waals surface area (Å²) in [6.07, 6.45) is 0.897. The number of benzene rings is 2. The smallest absolute Gasteiger partial charge is 0.407 e. The number of likely N-dealkylation sites (tertiary alicyclic amines) is 1. The monoisotopic (exact) mass is 559 g/mol. The summed E-state index contributed by atoms with van der Waals surface area (Å²) in [7, 11) is 1.39. The minimum absolute atomic E-state index is 0.0149. The van der Waals surface area contributed by atoms with Gasteiger partial charge < -0.3 is 25.0 Å². The van der Waals surface area contributed by atoms with Crippen LogP contribution in [0.2, 0.25) is 0 Å². The Morgan fingerprint density at radius 3 is 2.67 bits per heavy atom. The molecule has 0 saturated carbocycles. The van der Waals surface area contributed by atoms with Crippen LogP contribution in [-0.4, -0.2) is 64.3 Å². The van der Waals surface area contributed by atoms with E-state index >= 15 is 4.39 Å². The molecular formula is C24H20BrF2N5O4. The van der Waals surface area contributed by atoms with Crippen molar-refractivity contribution in [1.29, 1.82) is 0 Å². The third-order valence-electron chi connectivity index (χ3n) is 6.40. The van der Waals surface area contributed by atoms with Crippen molar-refractivity contribution in [2.24, 2.45) is 0 Å². The van der Waals surface area contributed by atoms with Crippen molar-refractivity contribution < 1.29 is 28.2 Å². The first-order valence-electron chi connectivity index (χ1n) is 11.0. The standard InChI is InChI=1S/C24H20BrF2N5O4/c1-36-18-4-2-3-15(26)19(18)22-28-8-7-17(29-22)23(33)30-16-6-5-14(25)20(27)21(16)31-10-13-9-12(31)11-32(13)24(34)35/h2-8,12-13H,9-11H2,1H3,(H,30,33)(H,34,35)/t12-,13-/m0/s1. The fourth-order valence-electron chi connectivity index (χ4n) is 4.78. The Morgan fingerprint density at radius 1 is 1.17 bits per heavy atom. The van der Waals surface area contributed by atoms with Gasteiger partial charge in [-0.15, -0.1) is 0 Å². The van der Waals surface area contributed by atoms with E-state index < -0.39 is 23.6 Å². The predicted octanol–water partition coefficient (Wildman–Crippen LogP) is 4.39. The molecule has 2 fully saturated rings. The van der Waals surface area contributed by atoms with Gasteiger partial charge in [-0.2, -0.15) is 0 Å². The molecule has 36 heavy (non-hydrogen) atoms. The highest BCUT2D eigenvalue weighted by molar-refractivity contribution is 9.10. The summed E-state index contributed by atoms with van der Waals surface area (Å²) < 4.78 is 35.2. The number of halogens is 3. The summed E-state index contributed by atoms with van der Waals surface area (Å²) in [4.78, 5) is 36.0. The molecule has 0 spiro atoms. The highest BCUT2D eigenvalue weighted by Crippen LogP contribution is 2.41. The first kappa shape index (κ1) is 23.9.